The fourth-order valence-electron chi connectivity index (χ4n) is 3.16. The maximum Gasteiger partial charge on any atom is 0.258 e. The van der Waals surface area contributed by atoms with Crippen LogP contribution in [0.2, 0.25) is 0 Å². The lowest BCUT2D eigenvalue weighted by Gasteiger charge is -2.31. The van der Waals surface area contributed by atoms with Crippen LogP contribution in [0.4, 0.5) is 0 Å². The number of carbonyl (C=O) groups is 1. The number of H-pyrrole nitrogens is 1. The highest BCUT2D eigenvalue weighted by Crippen LogP contribution is 2.15. The van der Waals surface area contributed by atoms with Gasteiger partial charge in [0.1, 0.15) is 5.82 Å². The molecular formula is C19H29ClN4O2. The number of nitrogens with two attached hydrogens (primary N) is 1. The number of carbonyl (C=O) groups excluding carboxylic acids is 1. The van der Waals surface area contributed by atoms with Crippen molar-refractivity contribution in [1.82, 2.24) is 15.3 Å². The van der Waals surface area contributed by atoms with Crippen molar-refractivity contribution in [2.45, 2.75) is 52.0 Å². The molecule has 0 radical (unpaired) electrons. The number of benzene rings is 1. The van der Waals surface area contributed by atoms with Crippen LogP contribution >= 0.6 is 12.4 Å². The number of fused-ring (bicyclic) bond motifs is 1. The lowest BCUT2D eigenvalue weighted by Crippen LogP contribution is -2.52. The fourth-order valence-corrected chi connectivity index (χ4v) is 3.16. The molecule has 1 aromatic carbocycles. The van der Waals surface area contributed by atoms with Gasteiger partial charge >= 0.3 is 0 Å². The average molecular weight is 381 g/mol. The second-order valence-corrected chi connectivity index (χ2v) is 7.29. The van der Waals surface area contributed by atoms with Gasteiger partial charge in [0.05, 0.1) is 10.9 Å². The van der Waals surface area contributed by atoms with Crippen molar-refractivity contribution in [2.75, 3.05) is 6.54 Å². The van der Waals surface area contributed by atoms with E-state index in [4.69, 9.17) is 5.73 Å². The predicted octanol–water partition coefficient (Wildman–Crippen LogP) is 2.55. The molecule has 0 saturated heterocycles. The summed E-state index contributed by atoms with van der Waals surface area (Å²) in [6.45, 7) is 6.62. The number of amides is 1. The quantitative estimate of drug-likeness (QED) is 0.655. The summed E-state index contributed by atoms with van der Waals surface area (Å²) in [7, 11) is 0. The third-order valence-electron chi connectivity index (χ3n) is 4.23. The summed E-state index contributed by atoms with van der Waals surface area (Å²) in [6, 6.07) is 7.24. The fraction of sp³-hybridized carbons (Fsp3) is 0.526. The maximum atomic E-state index is 12.2. The first-order valence-corrected chi connectivity index (χ1v) is 8.82. The normalized spacial score (nSPS) is 13.3. The van der Waals surface area contributed by atoms with Crippen molar-refractivity contribution < 1.29 is 4.79 Å². The zero-order chi connectivity index (χ0) is 18.4. The third kappa shape index (κ3) is 6.11. The second-order valence-electron chi connectivity index (χ2n) is 7.29. The third-order valence-corrected chi connectivity index (χ3v) is 4.23. The SMILES string of the molecule is CC(C)CC(C)(CN)NC(=O)CCCc1nc2ccccc2c(=O)[nH]1.Cl. The van der Waals surface area contributed by atoms with Gasteiger partial charge in [0.15, 0.2) is 0 Å². The number of aryl methyl sites for hydroxylation is 1. The van der Waals surface area contributed by atoms with E-state index in [1.807, 2.05) is 25.1 Å². The number of para-hydroxylation sites is 1. The maximum absolute atomic E-state index is 12.2. The Labute approximate surface area is 160 Å². The van der Waals surface area contributed by atoms with Crippen LogP contribution in [0.15, 0.2) is 29.1 Å². The van der Waals surface area contributed by atoms with E-state index < -0.39 is 0 Å². The van der Waals surface area contributed by atoms with Crippen molar-refractivity contribution in [3.63, 3.8) is 0 Å². The van der Waals surface area contributed by atoms with Gasteiger partial charge in [-0.15, -0.1) is 12.4 Å². The number of nitrogens with one attached hydrogen (secondary N) is 2. The highest BCUT2D eigenvalue weighted by molar-refractivity contribution is 5.85. The molecule has 1 atom stereocenters. The van der Waals surface area contributed by atoms with Crippen LogP contribution in [0.3, 0.4) is 0 Å². The summed E-state index contributed by atoms with van der Waals surface area (Å²) >= 11 is 0. The molecule has 0 saturated carbocycles. The van der Waals surface area contributed by atoms with Crippen molar-refractivity contribution in [3.8, 4) is 0 Å². The molecule has 2 aromatic rings. The number of rotatable bonds is 8. The molecule has 6 nitrogen and oxygen atoms in total. The van der Waals surface area contributed by atoms with Crippen LogP contribution in [0, 0.1) is 5.92 Å². The molecule has 0 aliphatic rings. The minimum absolute atomic E-state index is 0. The molecular weight excluding hydrogens is 352 g/mol. The highest BCUT2D eigenvalue weighted by atomic mass is 35.5. The van der Waals surface area contributed by atoms with Gasteiger partial charge < -0.3 is 16.0 Å². The van der Waals surface area contributed by atoms with Crippen LogP contribution in [-0.4, -0.2) is 28.0 Å². The van der Waals surface area contributed by atoms with Gasteiger partial charge in [-0.1, -0.05) is 26.0 Å². The molecule has 0 spiro atoms. The van der Waals surface area contributed by atoms with E-state index in [-0.39, 0.29) is 29.4 Å². The summed E-state index contributed by atoms with van der Waals surface area (Å²) in [4.78, 5) is 31.5. The van der Waals surface area contributed by atoms with Crippen LogP contribution in [0.5, 0.6) is 0 Å². The van der Waals surface area contributed by atoms with E-state index in [9.17, 15) is 9.59 Å². The molecule has 1 amide bonds. The zero-order valence-corrected chi connectivity index (χ0v) is 16.5. The van der Waals surface area contributed by atoms with E-state index in [2.05, 4.69) is 29.1 Å². The number of aromatic amines is 1. The Balaban J connectivity index is 0.00000338. The van der Waals surface area contributed by atoms with Crippen molar-refractivity contribution in [2.24, 2.45) is 11.7 Å². The molecule has 0 bridgehead atoms. The second kappa shape index (κ2) is 9.69. The smallest absolute Gasteiger partial charge is 0.258 e. The zero-order valence-electron chi connectivity index (χ0n) is 15.7. The average Bonchev–Trinajstić information content (AvgIpc) is 2.54. The molecule has 1 aromatic heterocycles. The number of nitrogens with zero attached hydrogens (tertiary/aromatic N) is 1. The highest BCUT2D eigenvalue weighted by Gasteiger charge is 2.25. The number of aromatic nitrogens is 2. The topological polar surface area (TPSA) is 101 Å². The summed E-state index contributed by atoms with van der Waals surface area (Å²) < 4.78 is 0. The molecule has 7 heteroatoms. The summed E-state index contributed by atoms with van der Waals surface area (Å²) in [5.74, 6) is 1.05. The van der Waals surface area contributed by atoms with Crippen LogP contribution in [0.25, 0.3) is 10.9 Å². The Hall–Kier alpha value is -1.92. The van der Waals surface area contributed by atoms with Crippen LogP contribution in [0.1, 0.15) is 45.9 Å². The Kier molecular flexibility index (Phi) is 8.24. The van der Waals surface area contributed by atoms with E-state index in [0.29, 0.717) is 48.5 Å². The number of hydrogen-bond acceptors (Lipinski definition) is 4. The molecule has 1 heterocycles. The van der Waals surface area contributed by atoms with E-state index in [0.717, 1.165) is 6.42 Å². The molecule has 26 heavy (non-hydrogen) atoms. The first-order chi connectivity index (χ1) is 11.8. The Bertz CT molecular complexity index is 790. The summed E-state index contributed by atoms with van der Waals surface area (Å²) in [5.41, 5.74) is 5.99. The van der Waals surface area contributed by atoms with Gasteiger partial charge in [0, 0.05) is 24.9 Å². The van der Waals surface area contributed by atoms with E-state index in [1.54, 1.807) is 6.07 Å². The van der Waals surface area contributed by atoms with Crippen LogP contribution in [-0.2, 0) is 11.2 Å². The molecule has 0 aliphatic carbocycles. The summed E-state index contributed by atoms with van der Waals surface area (Å²) in [6.07, 6.45) is 2.39. The van der Waals surface area contributed by atoms with Gasteiger partial charge in [-0.3, -0.25) is 9.59 Å². The van der Waals surface area contributed by atoms with Crippen molar-refractivity contribution >= 4 is 29.2 Å². The van der Waals surface area contributed by atoms with Gasteiger partial charge in [-0.05, 0) is 37.8 Å². The van der Waals surface area contributed by atoms with Crippen LogP contribution < -0.4 is 16.6 Å². The first-order valence-electron chi connectivity index (χ1n) is 8.82. The van der Waals surface area contributed by atoms with Crippen molar-refractivity contribution in [1.29, 1.82) is 0 Å². The van der Waals surface area contributed by atoms with E-state index in [1.165, 1.54) is 0 Å². The summed E-state index contributed by atoms with van der Waals surface area (Å²) in [5, 5.41) is 3.63. The Morgan fingerprint density at radius 1 is 1.35 bits per heavy atom. The Morgan fingerprint density at radius 3 is 2.69 bits per heavy atom. The van der Waals surface area contributed by atoms with Gasteiger partial charge in [-0.2, -0.15) is 0 Å². The molecule has 2 rings (SSSR count). The van der Waals surface area contributed by atoms with E-state index >= 15 is 0 Å². The minimum atomic E-state index is -0.374. The lowest BCUT2D eigenvalue weighted by atomic mass is 9.90. The number of hydrogen-bond donors (Lipinski definition) is 3. The lowest BCUT2D eigenvalue weighted by molar-refractivity contribution is -0.123. The number of halogens is 1. The molecule has 1 unspecified atom stereocenters. The first kappa shape index (κ1) is 22.1. The monoisotopic (exact) mass is 380 g/mol. The van der Waals surface area contributed by atoms with Gasteiger partial charge in [-0.25, -0.2) is 4.98 Å². The Morgan fingerprint density at radius 2 is 2.04 bits per heavy atom. The molecule has 0 fully saturated rings. The standard InChI is InChI=1S/C19H28N4O2.ClH/c1-13(2)11-19(3,12-20)23-17(24)10-6-9-16-21-15-8-5-4-7-14(15)18(25)22-16;/h4-5,7-8,13H,6,9-12,20H2,1-3H3,(H,23,24)(H,21,22,25);1H. The molecule has 0 aliphatic heterocycles. The van der Waals surface area contributed by atoms with Gasteiger partial charge in [0.25, 0.3) is 5.56 Å². The molecule has 4 N–H and O–H groups in total. The minimum Gasteiger partial charge on any atom is -0.350 e. The predicted molar refractivity (Wildman–Crippen MR) is 108 cm³/mol. The largest absolute Gasteiger partial charge is 0.350 e. The molecule has 144 valence electrons. The van der Waals surface area contributed by atoms with Gasteiger partial charge in [0.2, 0.25) is 5.91 Å². The van der Waals surface area contributed by atoms with Crippen molar-refractivity contribution in [3.05, 3.63) is 40.4 Å².